The molecule has 0 aromatic heterocycles. The van der Waals surface area contributed by atoms with Gasteiger partial charge in [0.25, 0.3) is 5.91 Å². The average Bonchev–Trinajstić information content (AvgIpc) is 2.88. The van der Waals surface area contributed by atoms with E-state index in [2.05, 4.69) is 0 Å². The van der Waals surface area contributed by atoms with E-state index in [1.807, 2.05) is 36.1 Å². The van der Waals surface area contributed by atoms with Gasteiger partial charge in [0.05, 0.1) is 12.2 Å². The summed E-state index contributed by atoms with van der Waals surface area (Å²) in [6, 6.07) is 7.41. The molecular formula is C14H20N2O2. The summed E-state index contributed by atoms with van der Waals surface area (Å²) >= 11 is 0. The molecule has 1 unspecified atom stereocenters. The molecule has 1 atom stereocenters. The number of benzene rings is 1. The summed E-state index contributed by atoms with van der Waals surface area (Å²) in [5, 5.41) is 0. The topological polar surface area (TPSA) is 55.6 Å². The van der Waals surface area contributed by atoms with Crippen LogP contribution in [0.15, 0.2) is 24.3 Å². The normalized spacial score (nSPS) is 19.0. The van der Waals surface area contributed by atoms with Gasteiger partial charge in [-0.3, -0.25) is 4.79 Å². The Labute approximate surface area is 108 Å². The molecule has 4 heteroatoms. The van der Waals surface area contributed by atoms with Crippen LogP contribution >= 0.6 is 0 Å². The van der Waals surface area contributed by atoms with Crippen LogP contribution in [0.1, 0.15) is 23.7 Å². The second-order valence-electron chi connectivity index (χ2n) is 4.57. The largest absolute Gasteiger partial charge is 0.493 e. The first-order chi connectivity index (χ1) is 8.76. The summed E-state index contributed by atoms with van der Waals surface area (Å²) in [5.74, 6) is 1.16. The third-order valence-electron chi connectivity index (χ3n) is 3.32. The fourth-order valence-corrected chi connectivity index (χ4v) is 2.30. The van der Waals surface area contributed by atoms with Gasteiger partial charge in [-0.1, -0.05) is 12.1 Å². The molecule has 1 aromatic rings. The Bertz CT molecular complexity index is 420. The van der Waals surface area contributed by atoms with Crippen molar-refractivity contribution in [3.8, 4) is 5.75 Å². The number of amides is 1. The number of carbonyl (C=O) groups excluding carboxylic acids is 1. The zero-order chi connectivity index (χ0) is 13.0. The molecule has 1 fully saturated rings. The van der Waals surface area contributed by atoms with Crippen molar-refractivity contribution in [1.29, 1.82) is 0 Å². The van der Waals surface area contributed by atoms with Gasteiger partial charge in [0.15, 0.2) is 0 Å². The van der Waals surface area contributed by atoms with Crippen LogP contribution < -0.4 is 10.5 Å². The van der Waals surface area contributed by atoms with Crippen LogP contribution in [-0.4, -0.2) is 37.0 Å². The van der Waals surface area contributed by atoms with Crippen molar-refractivity contribution in [2.45, 2.75) is 13.3 Å². The van der Waals surface area contributed by atoms with E-state index in [1.165, 1.54) is 0 Å². The maximum absolute atomic E-state index is 12.4. The first-order valence-corrected chi connectivity index (χ1v) is 6.47. The Hall–Kier alpha value is -1.55. The molecule has 2 rings (SSSR count). The second kappa shape index (κ2) is 5.87. The van der Waals surface area contributed by atoms with Crippen LogP contribution in [0.4, 0.5) is 0 Å². The lowest BCUT2D eigenvalue weighted by molar-refractivity contribution is 0.0783. The van der Waals surface area contributed by atoms with Gasteiger partial charge in [0, 0.05) is 13.1 Å². The predicted molar refractivity (Wildman–Crippen MR) is 70.7 cm³/mol. The number of para-hydroxylation sites is 1. The van der Waals surface area contributed by atoms with Crippen LogP contribution in [0.3, 0.4) is 0 Å². The fourth-order valence-electron chi connectivity index (χ4n) is 2.30. The molecule has 1 saturated heterocycles. The third-order valence-corrected chi connectivity index (χ3v) is 3.32. The molecule has 0 radical (unpaired) electrons. The summed E-state index contributed by atoms with van der Waals surface area (Å²) in [6.07, 6.45) is 0.999. The average molecular weight is 248 g/mol. The molecule has 1 aliphatic heterocycles. The van der Waals surface area contributed by atoms with Crippen LogP contribution in [0.2, 0.25) is 0 Å². The van der Waals surface area contributed by atoms with Crippen LogP contribution in [0.25, 0.3) is 0 Å². The molecular weight excluding hydrogens is 228 g/mol. The highest BCUT2D eigenvalue weighted by molar-refractivity contribution is 5.97. The molecule has 2 N–H and O–H groups in total. The van der Waals surface area contributed by atoms with Crippen LogP contribution in [0.5, 0.6) is 5.75 Å². The number of nitrogens with zero attached hydrogens (tertiary/aromatic N) is 1. The van der Waals surface area contributed by atoms with Gasteiger partial charge in [-0.05, 0) is 37.9 Å². The number of carbonyl (C=O) groups is 1. The van der Waals surface area contributed by atoms with E-state index in [0.717, 1.165) is 19.5 Å². The maximum atomic E-state index is 12.4. The lowest BCUT2D eigenvalue weighted by Crippen LogP contribution is -2.30. The monoisotopic (exact) mass is 248 g/mol. The summed E-state index contributed by atoms with van der Waals surface area (Å²) in [6.45, 7) is 4.69. The van der Waals surface area contributed by atoms with Gasteiger partial charge in [-0.15, -0.1) is 0 Å². The molecule has 0 spiro atoms. The lowest BCUT2D eigenvalue weighted by atomic mass is 10.1. The van der Waals surface area contributed by atoms with E-state index in [0.29, 0.717) is 30.4 Å². The number of hydrogen-bond acceptors (Lipinski definition) is 3. The number of likely N-dealkylation sites (tertiary alicyclic amines) is 1. The van der Waals surface area contributed by atoms with Crippen molar-refractivity contribution in [3.05, 3.63) is 29.8 Å². The lowest BCUT2D eigenvalue weighted by Gasteiger charge is -2.18. The van der Waals surface area contributed by atoms with Gasteiger partial charge in [-0.2, -0.15) is 0 Å². The second-order valence-corrected chi connectivity index (χ2v) is 4.57. The maximum Gasteiger partial charge on any atom is 0.257 e. The SMILES string of the molecule is CCOc1ccccc1C(=O)N1CCC(CN)C1. The number of nitrogens with two attached hydrogens (primary N) is 1. The van der Waals surface area contributed by atoms with Crippen LogP contribution in [-0.2, 0) is 0 Å². The Kier molecular flexibility index (Phi) is 4.20. The Balaban J connectivity index is 2.14. The molecule has 1 aliphatic rings. The van der Waals surface area contributed by atoms with Crippen molar-refractivity contribution in [1.82, 2.24) is 4.90 Å². The minimum Gasteiger partial charge on any atom is -0.493 e. The number of rotatable bonds is 4. The molecule has 0 aliphatic carbocycles. The van der Waals surface area contributed by atoms with Gasteiger partial charge in [0.1, 0.15) is 5.75 Å². The molecule has 0 saturated carbocycles. The van der Waals surface area contributed by atoms with E-state index >= 15 is 0 Å². The summed E-state index contributed by atoms with van der Waals surface area (Å²) in [5.41, 5.74) is 6.30. The minimum atomic E-state index is 0.0509. The van der Waals surface area contributed by atoms with Crippen molar-refractivity contribution in [2.75, 3.05) is 26.2 Å². The Morgan fingerprint density at radius 2 is 2.28 bits per heavy atom. The van der Waals surface area contributed by atoms with E-state index in [-0.39, 0.29) is 5.91 Å². The Morgan fingerprint density at radius 1 is 1.50 bits per heavy atom. The fraction of sp³-hybridized carbons (Fsp3) is 0.500. The van der Waals surface area contributed by atoms with E-state index in [1.54, 1.807) is 0 Å². The highest BCUT2D eigenvalue weighted by Crippen LogP contribution is 2.23. The third kappa shape index (κ3) is 2.64. The predicted octanol–water partition coefficient (Wildman–Crippen LogP) is 1.51. The Morgan fingerprint density at radius 3 is 2.94 bits per heavy atom. The molecule has 1 heterocycles. The van der Waals surface area contributed by atoms with Crippen molar-refractivity contribution >= 4 is 5.91 Å². The zero-order valence-electron chi connectivity index (χ0n) is 10.8. The van der Waals surface area contributed by atoms with Gasteiger partial charge in [0.2, 0.25) is 0 Å². The molecule has 18 heavy (non-hydrogen) atoms. The molecule has 4 nitrogen and oxygen atoms in total. The molecule has 98 valence electrons. The van der Waals surface area contributed by atoms with Gasteiger partial charge < -0.3 is 15.4 Å². The summed E-state index contributed by atoms with van der Waals surface area (Å²) in [7, 11) is 0. The van der Waals surface area contributed by atoms with E-state index < -0.39 is 0 Å². The standard InChI is InChI=1S/C14H20N2O2/c1-2-18-13-6-4-3-5-12(13)14(17)16-8-7-11(9-15)10-16/h3-6,11H,2,7-10,15H2,1H3. The van der Waals surface area contributed by atoms with E-state index in [4.69, 9.17) is 10.5 Å². The van der Waals surface area contributed by atoms with Crippen molar-refractivity contribution in [3.63, 3.8) is 0 Å². The molecule has 1 aromatic carbocycles. The molecule has 0 bridgehead atoms. The number of hydrogen-bond donors (Lipinski definition) is 1. The van der Waals surface area contributed by atoms with Crippen molar-refractivity contribution < 1.29 is 9.53 Å². The minimum absolute atomic E-state index is 0.0509. The van der Waals surface area contributed by atoms with Crippen LogP contribution in [0, 0.1) is 5.92 Å². The first kappa shape index (κ1) is 12.9. The number of ether oxygens (including phenoxy) is 1. The van der Waals surface area contributed by atoms with E-state index in [9.17, 15) is 4.79 Å². The summed E-state index contributed by atoms with van der Waals surface area (Å²) in [4.78, 5) is 14.3. The quantitative estimate of drug-likeness (QED) is 0.878. The smallest absolute Gasteiger partial charge is 0.257 e. The highest BCUT2D eigenvalue weighted by atomic mass is 16.5. The summed E-state index contributed by atoms with van der Waals surface area (Å²) < 4.78 is 5.50. The van der Waals surface area contributed by atoms with Crippen molar-refractivity contribution in [2.24, 2.45) is 11.7 Å². The zero-order valence-corrected chi connectivity index (χ0v) is 10.8. The highest BCUT2D eigenvalue weighted by Gasteiger charge is 2.27. The van der Waals surface area contributed by atoms with Gasteiger partial charge >= 0.3 is 0 Å². The first-order valence-electron chi connectivity index (χ1n) is 6.47. The van der Waals surface area contributed by atoms with Gasteiger partial charge in [-0.25, -0.2) is 0 Å². The molecule has 1 amide bonds.